The van der Waals surface area contributed by atoms with E-state index in [1.807, 2.05) is 0 Å². The quantitative estimate of drug-likeness (QED) is 0.862. The van der Waals surface area contributed by atoms with Crippen molar-refractivity contribution in [1.29, 1.82) is 0 Å². The predicted octanol–water partition coefficient (Wildman–Crippen LogP) is 2.89. The van der Waals surface area contributed by atoms with Crippen molar-refractivity contribution in [2.24, 2.45) is 0 Å². The van der Waals surface area contributed by atoms with Gasteiger partial charge in [-0.25, -0.2) is 9.97 Å². The second kappa shape index (κ2) is 4.65. The molecule has 5 heteroatoms. The summed E-state index contributed by atoms with van der Waals surface area (Å²) in [6, 6.07) is 5.13. The summed E-state index contributed by atoms with van der Waals surface area (Å²) >= 11 is 2.10. The first-order valence-corrected chi connectivity index (χ1v) is 5.68. The molecule has 0 aliphatic carbocycles. The third kappa shape index (κ3) is 2.24. The number of ether oxygens (including phenoxy) is 1. The standard InChI is InChI=1S/C11H9IN2O2/c1-7-9(15)3-2-4-10(7)16-11-8(12)5-13-6-14-11/h2-6,15H,1H3. The van der Waals surface area contributed by atoms with Gasteiger partial charge in [0.05, 0.1) is 3.57 Å². The summed E-state index contributed by atoms with van der Waals surface area (Å²) in [6.07, 6.45) is 3.09. The highest BCUT2D eigenvalue weighted by Crippen LogP contribution is 2.30. The Labute approximate surface area is 106 Å². The van der Waals surface area contributed by atoms with Crippen LogP contribution in [0, 0.1) is 10.5 Å². The Morgan fingerprint density at radius 2 is 2.19 bits per heavy atom. The van der Waals surface area contributed by atoms with E-state index in [9.17, 15) is 5.11 Å². The second-order valence-electron chi connectivity index (χ2n) is 3.18. The van der Waals surface area contributed by atoms with Crippen LogP contribution in [0.3, 0.4) is 0 Å². The Kier molecular flexibility index (Phi) is 3.23. The topological polar surface area (TPSA) is 55.2 Å². The first-order chi connectivity index (χ1) is 7.68. The molecule has 0 aliphatic rings. The average molecular weight is 328 g/mol. The molecule has 0 aliphatic heterocycles. The predicted molar refractivity (Wildman–Crippen MR) is 67.7 cm³/mol. The molecule has 1 aromatic carbocycles. The second-order valence-corrected chi connectivity index (χ2v) is 4.34. The number of hydrogen-bond donors (Lipinski definition) is 1. The molecule has 4 nitrogen and oxygen atoms in total. The number of benzene rings is 1. The van der Waals surface area contributed by atoms with Gasteiger partial charge in [0.25, 0.3) is 0 Å². The van der Waals surface area contributed by atoms with Crippen LogP contribution in [0.15, 0.2) is 30.7 Å². The van der Waals surface area contributed by atoms with Crippen LogP contribution in [0.1, 0.15) is 5.56 Å². The highest BCUT2D eigenvalue weighted by atomic mass is 127. The van der Waals surface area contributed by atoms with E-state index < -0.39 is 0 Å². The smallest absolute Gasteiger partial charge is 0.235 e. The lowest BCUT2D eigenvalue weighted by molar-refractivity contribution is 0.436. The van der Waals surface area contributed by atoms with Crippen molar-refractivity contribution < 1.29 is 9.84 Å². The summed E-state index contributed by atoms with van der Waals surface area (Å²) in [6.45, 7) is 1.79. The van der Waals surface area contributed by atoms with Gasteiger partial charge < -0.3 is 9.84 Å². The van der Waals surface area contributed by atoms with Crippen LogP contribution < -0.4 is 4.74 Å². The van der Waals surface area contributed by atoms with Gasteiger partial charge in [-0.15, -0.1) is 0 Å². The fourth-order valence-corrected chi connectivity index (χ4v) is 1.60. The van der Waals surface area contributed by atoms with E-state index in [1.165, 1.54) is 6.33 Å². The number of halogens is 1. The molecule has 16 heavy (non-hydrogen) atoms. The fourth-order valence-electron chi connectivity index (χ4n) is 1.19. The molecule has 0 fully saturated rings. The van der Waals surface area contributed by atoms with Crippen molar-refractivity contribution in [3.8, 4) is 17.4 Å². The maximum Gasteiger partial charge on any atom is 0.235 e. The molecule has 2 rings (SSSR count). The van der Waals surface area contributed by atoms with Crippen molar-refractivity contribution in [2.75, 3.05) is 0 Å². The van der Waals surface area contributed by atoms with Crippen LogP contribution in [0.4, 0.5) is 0 Å². The molecule has 0 saturated carbocycles. The molecule has 0 amide bonds. The molecule has 0 saturated heterocycles. The summed E-state index contributed by atoms with van der Waals surface area (Å²) in [7, 11) is 0. The number of rotatable bonds is 2. The third-order valence-electron chi connectivity index (χ3n) is 2.10. The first kappa shape index (κ1) is 11.1. The molecule has 0 atom stereocenters. The molecule has 82 valence electrons. The molecule has 1 heterocycles. The summed E-state index contributed by atoms with van der Waals surface area (Å²) < 4.78 is 6.42. The number of nitrogens with zero attached hydrogens (tertiary/aromatic N) is 2. The van der Waals surface area contributed by atoms with Gasteiger partial charge in [0, 0.05) is 11.8 Å². The van der Waals surface area contributed by atoms with Crippen molar-refractivity contribution in [3.63, 3.8) is 0 Å². The Bertz CT molecular complexity index is 517. The van der Waals surface area contributed by atoms with Gasteiger partial charge in [-0.2, -0.15) is 0 Å². The van der Waals surface area contributed by atoms with E-state index in [0.29, 0.717) is 17.2 Å². The van der Waals surface area contributed by atoms with E-state index in [0.717, 1.165) is 3.57 Å². The molecule has 0 bridgehead atoms. The largest absolute Gasteiger partial charge is 0.508 e. The lowest BCUT2D eigenvalue weighted by atomic mass is 10.2. The Morgan fingerprint density at radius 1 is 1.38 bits per heavy atom. The molecular weight excluding hydrogens is 319 g/mol. The van der Waals surface area contributed by atoms with Crippen molar-refractivity contribution >= 4 is 22.6 Å². The van der Waals surface area contributed by atoms with Crippen LogP contribution in [0.25, 0.3) is 0 Å². The third-order valence-corrected chi connectivity index (χ3v) is 2.84. The van der Waals surface area contributed by atoms with Gasteiger partial charge in [-0.1, -0.05) is 6.07 Å². The van der Waals surface area contributed by atoms with E-state index in [-0.39, 0.29) is 5.75 Å². The fraction of sp³-hybridized carbons (Fsp3) is 0.0909. The number of aromatic hydroxyl groups is 1. The minimum atomic E-state index is 0.210. The van der Waals surface area contributed by atoms with Gasteiger partial charge in [0.2, 0.25) is 5.88 Å². The minimum Gasteiger partial charge on any atom is -0.508 e. The zero-order valence-corrected chi connectivity index (χ0v) is 10.7. The van der Waals surface area contributed by atoms with Gasteiger partial charge >= 0.3 is 0 Å². The SMILES string of the molecule is Cc1c(O)cccc1Oc1ncncc1I. The molecular formula is C11H9IN2O2. The van der Waals surface area contributed by atoms with Crippen molar-refractivity contribution in [2.45, 2.75) is 6.92 Å². The maximum atomic E-state index is 9.53. The summed E-state index contributed by atoms with van der Waals surface area (Å²) in [5.41, 5.74) is 0.692. The minimum absolute atomic E-state index is 0.210. The normalized spacial score (nSPS) is 10.1. The van der Waals surface area contributed by atoms with E-state index in [4.69, 9.17) is 4.74 Å². The molecule has 0 spiro atoms. The molecule has 0 unspecified atom stereocenters. The van der Waals surface area contributed by atoms with E-state index >= 15 is 0 Å². The van der Waals surface area contributed by atoms with Crippen LogP contribution in [0.5, 0.6) is 17.4 Å². The van der Waals surface area contributed by atoms with Crippen LogP contribution in [-0.4, -0.2) is 15.1 Å². The summed E-state index contributed by atoms with van der Waals surface area (Å²) in [4.78, 5) is 7.90. The summed E-state index contributed by atoms with van der Waals surface area (Å²) in [5, 5.41) is 9.53. The van der Waals surface area contributed by atoms with Gasteiger partial charge in [-0.3, -0.25) is 0 Å². The maximum absolute atomic E-state index is 9.53. The van der Waals surface area contributed by atoms with Crippen LogP contribution in [0.2, 0.25) is 0 Å². The van der Waals surface area contributed by atoms with Gasteiger partial charge in [0.1, 0.15) is 17.8 Å². The Morgan fingerprint density at radius 3 is 2.94 bits per heavy atom. The number of phenolic OH excluding ortho intramolecular Hbond substituents is 1. The number of phenols is 1. The Hall–Kier alpha value is -1.37. The first-order valence-electron chi connectivity index (χ1n) is 4.60. The molecule has 2 aromatic rings. The average Bonchev–Trinajstić information content (AvgIpc) is 2.28. The Balaban J connectivity index is 2.35. The van der Waals surface area contributed by atoms with E-state index in [2.05, 4.69) is 32.6 Å². The lowest BCUT2D eigenvalue weighted by Gasteiger charge is -2.09. The monoisotopic (exact) mass is 328 g/mol. The van der Waals surface area contributed by atoms with Crippen LogP contribution >= 0.6 is 22.6 Å². The van der Waals surface area contributed by atoms with E-state index in [1.54, 1.807) is 31.3 Å². The molecule has 1 aromatic heterocycles. The van der Waals surface area contributed by atoms with Gasteiger partial charge in [-0.05, 0) is 41.6 Å². The van der Waals surface area contributed by atoms with Gasteiger partial charge in [0.15, 0.2) is 0 Å². The van der Waals surface area contributed by atoms with Crippen molar-refractivity contribution in [1.82, 2.24) is 9.97 Å². The van der Waals surface area contributed by atoms with Crippen LogP contribution in [-0.2, 0) is 0 Å². The molecule has 0 radical (unpaired) electrons. The highest BCUT2D eigenvalue weighted by Gasteiger charge is 2.08. The lowest BCUT2D eigenvalue weighted by Crippen LogP contribution is -1.93. The van der Waals surface area contributed by atoms with Crippen molar-refractivity contribution in [3.05, 3.63) is 39.9 Å². The highest BCUT2D eigenvalue weighted by molar-refractivity contribution is 14.1. The number of hydrogen-bond acceptors (Lipinski definition) is 4. The zero-order chi connectivity index (χ0) is 11.5. The zero-order valence-electron chi connectivity index (χ0n) is 8.51. The number of aromatic nitrogens is 2. The summed E-state index contributed by atoms with van der Waals surface area (Å²) in [5.74, 6) is 1.29. The molecule has 1 N–H and O–H groups in total.